The highest BCUT2D eigenvalue weighted by Gasteiger charge is 2.08. The molecule has 4 heteroatoms. The first kappa shape index (κ1) is 15.4. The summed E-state index contributed by atoms with van der Waals surface area (Å²) in [4.78, 5) is 11.9. The molecule has 0 bridgehead atoms. The molecule has 0 saturated carbocycles. The quantitative estimate of drug-likeness (QED) is 0.776. The van der Waals surface area contributed by atoms with Gasteiger partial charge in [-0.05, 0) is 50.5 Å². The lowest BCUT2D eigenvalue weighted by Gasteiger charge is -2.13. The molecule has 1 rings (SSSR count). The van der Waals surface area contributed by atoms with Gasteiger partial charge in [0.05, 0.1) is 0 Å². The highest BCUT2D eigenvalue weighted by Crippen LogP contribution is 2.08. The Balaban J connectivity index is 2.58. The van der Waals surface area contributed by atoms with Crippen LogP contribution in [0.3, 0.4) is 0 Å². The lowest BCUT2D eigenvalue weighted by Crippen LogP contribution is -2.33. The number of nitrogens with one attached hydrogen (secondary N) is 1. The molecule has 0 aliphatic carbocycles. The Morgan fingerprint density at radius 2 is 2.05 bits per heavy atom. The molecular formula is C15H20FNO2. The van der Waals surface area contributed by atoms with Crippen molar-refractivity contribution in [2.45, 2.75) is 32.7 Å². The molecule has 1 atom stereocenters. The Morgan fingerprint density at radius 3 is 2.63 bits per heavy atom. The third-order valence-corrected chi connectivity index (χ3v) is 2.78. The van der Waals surface area contributed by atoms with E-state index in [0.29, 0.717) is 12.0 Å². The van der Waals surface area contributed by atoms with Crippen LogP contribution in [0.15, 0.2) is 29.8 Å². The van der Waals surface area contributed by atoms with Gasteiger partial charge in [0.15, 0.2) is 0 Å². The molecule has 1 amide bonds. The van der Waals surface area contributed by atoms with Crippen molar-refractivity contribution in [3.05, 3.63) is 41.2 Å². The molecule has 3 nitrogen and oxygen atoms in total. The maximum atomic E-state index is 12.8. The van der Waals surface area contributed by atoms with E-state index in [0.717, 1.165) is 12.0 Å². The number of benzene rings is 1. The number of amides is 1. The fraction of sp³-hybridized carbons (Fsp3) is 0.400. The number of aliphatic hydroxyl groups is 1. The summed E-state index contributed by atoms with van der Waals surface area (Å²) in [5, 5.41) is 11.6. The Labute approximate surface area is 113 Å². The highest BCUT2D eigenvalue weighted by molar-refractivity contribution is 5.97. The lowest BCUT2D eigenvalue weighted by molar-refractivity contribution is -0.118. The van der Waals surface area contributed by atoms with Crippen molar-refractivity contribution in [2.75, 3.05) is 6.61 Å². The lowest BCUT2D eigenvalue weighted by atomic mass is 10.1. The van der Waals surface area contributed by atoms with Crippen molar-refractivity contribution >= 4 is 12.0 Å². The maximum absolute atomic E-state index is 12.8. The zero-order valence-electron chi connectivity index (χ0n) is 11.3. The number of rotatable bonds is 6. The van der Waals surface area contributed by atoms with Crippen LogP contribution >= 0.6 is 0 Å². The molecule has 0 spiro atoms. The van der Waals surface area contributed by atoms with Crippen LogP contribution in [0.4, 0.5) is 4.39 Å². The molecule has 0 radical (unpaired) electrons. The molecule has 0 aliphatic heterocycles. The summed E-state index contributed by atoms with van der Waals surface area (Å²) >= 11 is 0. The van der Waals surface area contributed by atoms with Crippen molar-refractivity contribution < 1.29 is 14.3 Å². The number of hydrogen-bond acceptors (Lipinski definition) is 2. The second-order valence-electron chi connectivity index (χ2n) is 4.62. The van der Waals surface area contributed by atoms with Crippen LogP contribution in [0.5, 0.6) is 0 Å². The standard InChI is InChI=1S/C15H20FNO2/c1-11(10-13-5-7-14(16)8-6-13)15(19)17-12(2)4-3-9-18/h5-8,10,12,18H,3-4,9H2,1-2H3,(H,17,19)/b11-10+. The number of hydrogen-bond donors (Lipinski definition) is 2. The van der Waals surface area contributed by atoms with Crippen molar-refractivity contribution in [2.24, 2.45) is 0 Å². The van der Waals surface area contributed by atoms with Gasteiger partial charge in [0, 0.05) is 18.2 Å². The minimum atomic E-state index is -0.295. The van der Waals surface area contributed by atoms with E-state index in [1.807, 2.05) is 6.92 Å². The zero-order chi connectivity index (χ0) is 14.3. The van der Waals surface area contributed by atoms with Crippen LogP contribution in [-0.2, 0) is 4.79 Å². The average Bonchev–Trinajstić information content (AvgIpc) is 2.39. The molecule has 1 unspecified atom stereocenters. The van der Waals surface area contributed by atoms with Gasteiger partial charge < -0.3 is 10.4 Å². The Hall–Kier alpha value is -1.68. The van der Waals surface area contributed by atoms with Gasteiger partial charge in [-0.1, -0.05) is 12.1 Å². The summed E-state index contributed by atoms with van der Waals surface area (Å²) in [7, 11) is 0. The summed E-state index contributed by atoms with van der Waals surface area (Å²) in [6.45, 7) is 3.75. The van der Waals surface area contributed by atoms with Crippen molar-refractivity contribution in [1.29, 1.82) is 0 Å². The number of carbonyl (C=O) groups is 1. The van der Waals surface area contributed by atoms with Crippen LogP contribution in [0, 0.1) is 5.82 Å². The monoisotopic (exact) mass is 265 g/mol. The van der Waals surface area contributed by atoms with Gasteiger partial charge >= 0.3 is 0 Å². The van der Waals surface area contributed by atoms with E-state index in [9.17, 15) is 9.18 Å². The molecule has 0 aliphatic rings. The fourth-order valence-electron chi connectivity index (χ4n) is 1.68. The highest BCUT2D eigenvalue weighted by atomic mass is 19.1. The van der Waals surface area contributed by atoms with Crippen LogP contribution < -0.4 is 5.32 Å². The van der Waals surface area contributed by atoms with Gasteiger partial charge in [-0.3, -0.25) is 4.79 Å². The zero-order valence-corrected chi connectivity index (χ0v) is 11.3. The molecule has 0 aromatic heterocycles. The maximum Gasteiger partial charge on any atom is 0.247 e. The first-order valence-electron chi connectivity index (χ1n) is 6.38. The molecule has 0 heterocycles. The van der Waals surface area contributed by atoms with Crippen molar-refractivity contribution in [1.82, 2.24) is 5.32 Å². The van der Waals surface area contributed by atoms with Crippen LogP contribution in [0.25, 0.3) is 6.08 Å². The third-order valence-electron chi connectivity index (χ3n) is 2.78. The van der Waals surface area contributed by atoms with E-state index in [2.05, 4.69) is 5.32 Å². The smallest absolute Gasteiger partial charge is 0.247 e. The molecule has 1 aromatic carbocycles. The predicted molar refractivity (Wildman–Crippen MR) is 74.0 cm³/mol. The predicted octanol–water partition coefficient (Wildman–Crippen LogP) is 2.51. The summed E-state index contributed by atoms with van der Waals surface area (Å²) in [5.74, 6) is -0.438. The van der Waals surface area contributed by atoms with Gasteiger partial charge in [-0.25, -0.2) is 4.39 Å². The Morgan fingerprint density at radius 1 is 1.42 bits per heavy atom. The summed E-state index contributed by atoms with van der Waals surface area (Å²) in [5.41, 5.74) is 1.36. The molecule has 1 aromatic rings. The first-order valence-corrected chi connectivity index (χ1v) is 6.38. The fourth-order valence-corrected chi connectivity index (χ4v) is 1.68. The molecule has 104 valence electrons. The van der Waals surface area contributed by atoms with Crippen molar-refractivity contribution in [3.63, 3.8) is 0 Å². The van der Waals surface area contributed by atoms with Crippen LogP contribution in [0.1, 0.15) is 32.3 Å². The van der Waals surface area contributed by atoms with Gasteiger partial charge in [-0.2, -0.15) is 0 Å². The van der Waals surface area contributed by atoms with Gasteiger partial charge in [-0.15, -0.1) is 0 Å². The second kappa shape index (κ2) is 7.69. The van der Waals surface area contributed by atoms with E-state index in [1.54, 1.807) is 25.1 Å². The molecule has 2 N–H and O–H groups in total. The molecule has 0 saturated heterocycles. The van der Waals surface area contributed by atoms with Crippen LogP contribution in [-0.4, -0.2) is 23.7 Å². The second-order valence-corrected chi connectivity index (χ2v) is 4.62. The summed E-state index contributed by atoms with van der Waals surface area (Å²) in [6, 6.07) is 6.00. The third kappa shape index (κ3) is 5.66. The van der Waals surface area contributed by atoms with E-state index in [1.165, 1.54) is 12.1 Å². The van der Waals surface area contributed by atoms with E-state index in [-0.39, 0.29) is 24.4 Å². The topological polar surface area (TPSA) is 49.3 Å². The van der Waals surface area contributed by atoms with Crippen LogP contribution in [0.2, 0.25) is 0 Å². The van der Waals surface area contributed by atoms with E-state index >= 15 is 0 Å². The van der Waals surface area contributed by atoms with Crippen molar-refractivity contribution in [3.8, 4) is 0 Å². The first-order chi connectivity index (χ1) is 9.02. The largest absolute Gasteiger partial charge is 0.396 e. The number of halogens is 1. The normalized spacial score (nSPS) is 13.2. The number of aliphatic hydroxyl groups excluding tert-OH is 1. The molecular weight excluding hydrogens is 245 g/mol. The Kier molecular flexibility index (Phi) is 6.22. The number of carbonyl (C=O) groups excluding carboxylic acids is 1. The van der Waals surface area contributed by atoms with Gasteiger partial charge in [0.2, 0.25) is 5.91 Å². The van der Waals surface area contributed by atoms with Gasteiger partial charge in [0.25, 0.3) is 0 Å². The molecule has 0 fully saturated rings. The summed E-state index contributed by atoms with van der Waals surface area (Å²) in [6.07, 6.45) is 3.13. The van der Waals surface area contributed by atoms with E-state index in [4.69, 9.17) is 5.11 Å². The minimum Gasteiger partial charge on any atom is -0.396 e. The Bertz CT molecular complexity index is 440. The minimum absolute atomic E-state index is 0.0243. The SMILES string of the molecule is C/C(=C\c1ccc(F)cc1)C(=O)NC(C)CCCO. The average molecular weight is 265 g/mol. The molecule has 19 heavy (non-hydrogen) atoms. The van der Waals surface area contributed by atoms with Gasteiger partial charge in [0.1, 0.15) is 5.82 Å². The van der Waals surface area contributed by atoms with E-state index < -0.39 is 0 Å². The summed E-state index contributed by atoms with van der Waals surface area (Å²) < 4.78 is 12.8.